The number of halogens is 3. The van der Waals surface area contributed by atoms with Crippen molar-refractivity contribution in [2.24, 2.45) is 0 Å². The van der Waals surface area contributed by atoms with Gasteiger partial charge in [0.25, 0.3) is 0 Å². The Morgan fingerprint density at radius 1 is 1.24 bits per heavy atom. The van der Waals surface area contributed by atoms with Gasteiger partial charge in [-0.2, -0.15) is 13.2 Å². The van der Waals surface area contributed by atoms with Gasteiger partial charge >= 0.3 is 6.18 Å². The number of carbonyl (C=O) groups excluding carboxylic acids is 2. The van der Waals surface area contributed by atoms with Crippen LogP contribution < -0.4 is 5.32 Å². The first-order chi connectivity index (χ1) is 11.7. The zero-order valence-electron chi connectivity index (χ0n) is 14.4. The summed E-state index contributed by atoms with van der Waals surface area (Å²) in [6.07, 6.45) is -3.99. The Bertz CT molecular complexity index is 577. The minimum atomic E-state index is -4.42. The van der Waals surface area contributed by atoms with E-state index in [1.165, 1.54) is 4.90 Å². The van der Waals surface area contributed by atoms with Crippen molar-refractivity contribution < 1.29 is 27.5 Å². The maximum Gasteiger partial charge on any atom is 0.411 e. The number of carbonyl (C=O) groups is 2. The third-order valence-electron chi connectivity index (χ3n) is 3.33. The molecule has 5 nitrogen and oxygen atoms in total. The van der Waals surface area contributed by atoms with Crippen molar-refractivity contribution in [1.29, 1.82) is 0 Å². The largest absolute Gasteiger partial charge is 0.411 e. The molecule has 0 saturated heterocycles. The highest BCUT2D eigenvalue weighted by Crippen LogP contribution is 2.15. The molecular weight excluding hydrogens is 337 g/mol. The lowest BCUT2D eigenvalue weighted by atomic mass is 10.2. The minimum absolute atomic E-state index is 0.153. The van der Waals surface area contributed by atoms with Crippen molar-refractivity contribution in [2.45, 2.75) is 32.9 Å². The lowest BCUT2D eigenvalue weighted by Gasteiger charge is -2.22. The molecule has 1 aromatic rings. The number of amides is 2. The third-order valence-corrected chi connectivity index (χ3v) is 3.33. The Labute approximate surface area is 145 Å². The van der Waals surface area contributed by atoms with Crippen molar-refractivity contribution in [3.63, 3.8) is 0 Å². The normalized spacial score (nSPS) is 11.2. The number of aryl methyl sites for hydroxylation is 1. The zero-order chi connectivity index (χ0) is 18.9. The van der Waals surface area contributed by atoms with Gasteiger partial charge in [-0.1, -0.05) is 25.1 Å². The summed E-state index contributed by atoms with van der Waals surface area (Å²) in [7, 11) is 0. The molecule has 140 valence electrons. The van der Waals surface area contributed by atoms with Gasteiger partial charge < -0.3 is 15.0 Å². The van der Waals surface area contributed by atoms with Crippen LogP contribution in [-0.2, 0) is 14.3 Å². The van der Waals surface area contributed by atoms with E-state index in [1.54, 1.807) is 12.1 Å². The molecule has 0 aliphatic carbocycles. The van der Waals surface area contributed by atoms with E-state index in [0.717, 1.165) is 5.56 Å². The van der Waals surface area contributed by atoms with E-state index in [9.17, 15) is 22.8 Å². The average molecular weight is 360 g/mol. The zero-order valence-corrected chi connectivity index (χ0v) is 14.4. The van der Waals surface area contributed by atoms with Crippen molar-refractivity contribution >= 4 is 17.5 Å². The van der Waals surface area contributed by atoms with Crippen LogP contribution in [0.5, 0.6) is 0 Å². The number of hydrogen-bond donors (Lipinski definition) is 1. The molecule has 0 bridgehead atoms. The second-order valence-corrected chi connectivity index (χ2v) is 5.60. The number of nitrogens with one attached hydrogen (secondary N) is 1. The molecule has 1 N–H and O–H groups in total. The fourth-order valence-corrected chi connectivity index (χ4v) is 2.14. The molecule has 25 heavy (non-hydrogen) atoms. The highest BCUT2D eigenvalue weighted by molar-refractivity contribution is 5.95. The molecule has 0 fully saturated rings. The smallest absolute Gasteiger partial charge is 0.372 e. The summed E-state index contributed by atoms with van der Waals surface area (Å²) in [5, 5.41) is 2.73. The number of ether oxygens (including phenoxy) is 1. The van der Waals surface area contributed by atoms with Gasteiger partial charge in [-0.05, 0) is 25.0 Å². The molecule has 2 amide bonds. The Morgan fingerprint density at radius 3 is 2.52 bits per heavy atom. The number of hydrogen-bond acceptors (Lipinski definition) is 3. The first-order valence-corrected chi connectivity index (χ1v) is 8.00. The van der Waals surface area contributed by atoms with Gasteiger partial charge in [-0.25, -0.2) is 0 Å². The summed E-state index contributed by atoms with van der Waals surface area (Å²) in [5.41, 5.74) is 1.55. The number of benzene rings is 1. The summed E-state index contributed by atoms with van der Waals surface area (Å²) in [6.45, 7) is 2.17. The van der Waals surface area contributed by atoms with Crippen molar-refractivity contribution in [1.82, 2.24) is 4.90 Å². The van der Waals surface area contributed by atoms with E-state index in [0.29, 0.717) is 18.7 Å². The first-order valence-electron chi connectivity index (χ1n) is 8.00. The number of anilines is 1. The number of alkyl halides is 3. The van der Waals surface area contributed by atoms with Crippen LogP contribution in [0.2, 0.25) is 0 Å². The summed E-state index contributed by atoms with van der Waals surface area (Å²) in [5.74, 6) is -0.767. The number of nitrogens with zero attached hydrogens (tertiary/aromatic N) is 1. The van der Waals surface area contributed by atoms with Gasteiger partial charge in [0.05, 0.1) is 19.6 Å². The molecule has 0 aliphatic heterocycles. The fraction of sp³-hybridized carbons (Fsp3) is 0.529. The van der Waals surface area contributed by atoms with Crippen molar-refractivity contribution in [2.75, 3.05) is 31.6 Å². The molecule has 0 unspecified atom stereocenters. The average Bonchev–Trinajstić information content (AvgIpc) is 2.52. The molecule has 0 atom stereocenters. The molecular formula is C17H23F3N2O3. The third kappa shape index (κ3) is 8.53. The molecule has 8 heteroatoms. The van der Waals surface area contributed by atoms with E-state index in [4.69, 9.17) is 0 Å². The molecule has 0 heterocycles. The topological polar surface area (TPSA) is 58.6 Å². The molecule has 0 aliphatic rings. The van der Waals surface area contributed by atoms with Crippen LogP contribution in [-0.4, -0.2) is 49.2 Å². The van der Waals surface area contributed by atoms with Crippen LogP contribution in [0.15, 0.2) is 24.3 Å². The molecule has 0 aromatic heterocycles. The monoisotopic (exact) mass is 360 g/mol. The van der Waals surface area contributed by atoms with E-state index in [-0.39, 0.29) is 25.5 Å². The maximum atomic E-state index is 12.1. The molecule has 0 spiro atoms. The van der Waals surface area contributed by atoms with Crippen LogP contribution in [0.3, 0.4) is 0 Å². The second kappa shape index (κ2) is 10.0. The Morgan fingerprint density at radius 2 is 1.92 bits per heavy atom. The lowest BCUT2D eigenvalue weighted by molar-refractivity contribution is -0.175. The Balaban J connectivity index is 2.50. The number of rotatable bonds is 9. The van der Waals surface area contributed by atoms with Crippen LogP contribution in [0.25, 0.3) is 0 Å². The minimum Gasteiger partial charge on any atom is -0.372 e. The molecule has 0 radical (unpaired) electrons. The van der Waals surface area contributed by atoms with Crippen molar-refractivity contribution in [3.05, 3.63) is 29.8 Å². The summed E-state index contributed by atoms with van der Waals surface area (Å²) in [6, 6.07) is 7.24. The van der Waals surface area contributed by atoms with Gasteiger partial charge in [0, 0.05) is 12.2 Å². The van der Waals surface area contributed by atoms with Crippen LogP contribution in [0, 0.1) is 6.92 Å². The van der Waals surface area contributed by atoms with Gasteiger partial charge in [0.15, 0.2) is 0 Å². The highest BCUT2D eigenvalue weighted by atomic mass is 19.4. The first kappa shape index (κ1) is 21.0. The van der Waals surface area contributed by atoms with Gasteiger partial charge in [0.1, 0.15) is 6.61 Å². The van der Waals surface area contributed by atoms with E-state index in [2.05, 4.69) is 10.1 Å². The quantitative estimate of drug-likeness (QED) is 0.689. The van der Waals surface area contributed by atoms with Gasteiger partial charge in [-0.15, -0.1) is 0 Å². The van der Waals surface area contributed by atoms with E-state index < -0.39 is 18.7 Å². The summed E-state index contributed by atoms with van der Waals surface area (Å²) >= 11 is 0. The standard InChI is InChI=1S/C17H23F3N2O3/c1-3-9-22(16(24)8-10-25-12-17(18,19)20)11-15(23)21-14-7-5-4-6-13(14)2/h4-7H,3,8-12H2,1-2H3,(H,21,23). The summed E-state index contributed by atoms with van der Waals surface area (Å²) in [4.78, 5) is 25.6. The predicted molar refractivity (Wildman–Crippen MR) is 88.2 cm³/mol. The lowest BCUT2D eigenvalue weighted by Crippen LogP contribution is -2.39. The van der Waals surface area contributed by atoms with Crippen LogP contribution in [0.4, 0.5) is 18.9 Å². The van der Waals surface area contributed by atoms with Gasteiger partial charge in [0.2, 0.25) is 11.8 Å². The molecule has 1 rings (SSSR count). The Hall–Kier alpha value is -2.09. The second-order valence-electron chi connectivity index (χ2n) is 5.60. The summed E-state index contributed by atoms with van der Waals surface area (Å²) < 4.78 is 40.4. The predicted octanol–water partition coefficient (Wildman–Crippen LogP) is 3.14. The SMILES string of the molecule is CCCN(CC(=O)Nc1ccccc1C)C(=O)CCOCC(F)(F)F. The molecule has 0 saturated carbocycles. The molecule has 1 aromatic carbocycles. The van der Waals surface area contributed by atoms with Gasteiger partial charge in [-0.3, -0.25) is 9.59 Å². The van der Waals surface area contributed by atoms with Crippen molar-refractivity contribution in [3.8, 4) is 0 Å². The number of para-hydroxylation sites is 1. The Kier molecular flexibility index (Phi) is 8.40. The van der Waals surface area contributed by atoms with Crippen LogP contribution in [0.1, 0.15) is 25.3 Å². The fourth-order valence-electron chi connectivity index (χ4n) is 2.14. The van der Waals surface area contributed by atoms with E-state index in [1.807, 2.05) is 26.0 Å². The van der Waals surface area contributed by atoms with E-state index >= 15 is 0 Å². The van der Waals surface area contributed by atoms with Crippen LogP contribution >= 0.6 is 0 Å². The highest BCUT2D eigenvalue weighted by Gasteiger charge is 2.27. The maximum absolute atomic E-state index is 12.1.